The van der Waals surface area contributed by atoms with Gasteiger partial charge in [0.25, 0.3) is 10.0 Å². The van der Waals surface area contributed by atoms with Crippen LogP contribution in [-0.2, 0) is 10.0 Å². The maximum Gasteiger partial charge on any atom is 0.276 e. The number of hydrogen-bond acceptors (Lipinski definition) is 3. The standard InChI is InChI=1S/C12H14N2O2S/c1-10-6-8-12(9-7-10)17(15,16)14-13-11-4-2-3-5-11/h2,4,6-9,14H,3,5H2,1H3/b13-11+. The highest BCUT2D eigenvalue weighted by atomic mass is 32.2. The molecule has 1 aromatic carbocycles. The molecule has 1 aromatic rings. The van der Waals surface area contributed by atoms with Gasteiger partial charge in [-0.1, -0.05) is 23.8 Å². The maximum absolute atomic E-state index is 11.9. The largest absolute Gasteiger partial charge is 0.276 e. The predicted octanol–water partition coefficient (Wildman–Crippen LogP) is 1.98. The topological polar surface area (TPSA) is 58.5 Å². The van der Waals surface area contributed by atoms with Crippen LogP contribution in [0.5, 0.6) is 0 Å². The summed E-state index contributed by atoms with van der Waals surface area (Å²) >= 11 is 0. The van der Waals surface area contributed by atoms with Crippen molar-refractivity contribution >= 4 is 15.7 Å². The Kier molecular flexibility index (Phi) is 3.28. The Morgan fingerprint density at radius 2 is 1.94 bits per heavy atom. The van der Waals surface area contributed by atoms with Gasteiger partial charge in [-0.05, 0) is 38.0 Å². The molecule has 0 unspecified atom stereocenters. The molecule has 0 radical (unpaired) electrons. The molecule has 0 saturated heterocycles. The zero-order valence-electron chi connectivity index (χ0n) is 9.55. The fraction of sp³-hybridized carbons (Fsp3) is 0.250. The van der Waals surface area contributed by atoms with Crippen molar-refractivity contribution in [3.05, 3.63) is 42.0 Å². The molecule has 0 fully saturated rings. The first-order valence-electron chi connectivity index (χ1n) is 5.39. The lowest BCUT2D eigenvalue weighted by Crippen LogP contribution is -2.19. The van der Waals surface area contributed by atoms with Crippen LogP contribution in [0.1, 0.15) is 18.4 Å². The van der Waals surface area contributed by atoms with E-state index in [-0.39, 0.29) is 4.90 Å². The maximum atomic E-state index is 11.9. The molecular weight excluding hydrogens is 236 g/mol. The first-order chi connectivity index (χ1) is 8.08. The third-order valence-electron chi connectivity index (χ3n) is 2.52. The van der Waals surface area contributed by atoms with Crippen LogP contribution in [0.25, 0.3) is 0 Å². The second-order valence-corrected chi connectivity index (χ2v) is 5.61. The molecule has 2 rings (SSSR count). The van der Waals surface area contributed by atoms with E-state index in [0.717, 1.165) is 24.1 Å². The summed E-state index contributed by atoms with van der Waals surface area (Å²) in [6.45, 7) is 1.91. The summed E-state index contributed by atoms with van der Waals surface area (Å²) in [5.41, 5.74) is 1.79. The Balaban J connectivity index is 2.16. The van der Waals surface area contributed by atoms with Gasteiger partial charge in [-0.3, -0.25) is 0 Å². The molecule has 4 nitrogen and oxygen atoms in total. The molecule has 1 aliphatic carbocycles. The smallest absolute Gasteiger partial charge is 0.200 e. The van der Waals surface area contributed by atoms with Crippen molar-refractivity contribution in [3.8, 4) is 0 Å². The fourth-order valence-corrected chi connectivity index (χ4v) is 2.35. The van der Waals surface area contributed by atoms with Gasteiger partial charge in [0.1, 0.15) is 0 Å². The van der Waals surface area contributed by atoms with Gasteiger partial charge in [0.15, 0.2) is 0 Å². The molecule has 5 heteroatoms. The molecule has 0 spiro atoms. The number of hydrogen-bond donors (Lipinski definition) is 1. The minimum Gasteiger partial charge on any atom is -0.200 e. The third kappa shape index (κ3) is 2.94. The molecule has 0 atom stereocenters. The molecule has 0 aromatic heterocycles. The van der Waals surface area contributed by atoms with Crippen LogP contribution in [0, 0.1) is 6.92 Å². The first kappa shape index (κ1) is 11.9. The Hall–Kier alpha value is -1.62. The summed E-state index contributed by atoms with van der Waals surface area (Å²) in [5, 5.41) is 3.89. The first-order valence-corrected chi connectivity index (χ1v) is 6.88. The molecule has 0 heterocycles. The van der Waals surface area contributed by atoms with Gasteiger partial charge in [0.2, 0.25) is 0 Å². The average Bonchev–Trinajstić information content (AvgIpc) is 2.80. The summed E-state index contributed by atoms with van der Waals surface area (Å²) in [5.74, 6) is 0. The highest BCUT2D eigenvalue weighted by molar-refractivity contribution is 7.89. The second kappa shape index (κ2) is 4.71. The van der Waals surface area contributed by atoms with E-state index in [2.05, 4.69) is 9.93 Å². The molecule has 0 aliphatic heterocycles. The summed E-state index contributed by atoms with van der Waals surface area (Å²) in [4.78, 5) is 2.48. The number of benzene rings is 1. The van der Waals surface area contributed by atoms with E-state index < -0.39 is 10.0 Å². The van der Waals surface area contributed by atoms with Crippen molar-refractivity contribution in [3.63, 3.8) is 0 Å². The van der Waals surface area contributed by atoms with E-state index in [4.69, 9.17) is 0 Å². The van der Waals surface area contributed by atoms with Crippen molar-refractivity contribution in [1.29, 1.82) is 0 Å². The SMILES string of the molecule is Cc1ccc(S(=O)(=O)N/N=C2\C=CCC2)cc1. The van der Waals surface area contributed by atoms with E-state index in [1.54, 1.807) is 24.3 Å². The van der Waals surface area contributed by atoms with Crippen LogP contribution in [0.4, 0.5) is 0 Å². The van der Waals surface area contributed by atoms with E-state index in [1.165, 1.54) is 0 Å². The van der Waals surface area contributed by atoms with Gasteiger partial charge in [-0.25, -0.2) is 0 Å². The molecule has 90 valence electrons. The van der Waals surface area contributed by atoms with Gasteiger partial charge < -0.3 is 0 Å². The number of sulfonamides is 1. The van der Waals surface area contributed by atoms with E-state index >= 15 is 0 Å². The lowest BCUT2D eigenvalue weighted by Gasteiger charge is -2.04. The number of allylic oxidation sites excluding steroid dienone is 2. The summed E-state index contributed by atoms with van der Waals surface area (Å²) in [6.07, 6.45) is 5.51. The van der Waals surface area contributed by atoms with Gasteiger partial charge >= 0.3 is 0 Å². The predicted molar refractivity (Wildman–Crippen MR) is 67.3 cm³/mol. The molecule has 1 aliphatic rings. The van der Waals surface area contributed by atoms with Crippen molar-refractivity contribution in [2.45, 2.75) is 24.7 Å². The molecular formula is C12H14N2O2S. The van der Waals surface area contributed by atoms with Crippen LogP contribution in [0.2, 0.25) is 0 Å². The Morgan fingerprint density at radius 1 is 1.24 bits per heavy atom. The Morgan fingerprint density at radius 3 is 2.53 bits per heavy atom. The van der Waals surface area contributed by atoms with Crippen LogP contribution < -0.4 is 4.83 Å². The zero-order valence-corrected chi connectivity index (χ0v) is 10.4. The molecule has 0 amide bonds. The molecule has 0 bridgehead atoms. The fourth-order valence-electron chi connectivity index (χ4n) is 1.52. The third-order valence-corrected chi connectivity index (χ3v) is 3.74. The van der Waals surface area contributed by atoms with Crippen molar-refractivity contribution in [1.82, 2.24) is 4.83 Å². The lowest BCUT2D eigenvalue weighted by molar-refractivity contribution is 0.584. The molecule has 17 heavy (non-hydrogen) atoms. The number of hydrazone groups is 1. The average molecular weight is 250 g/mol. The molecule has 0 saturated carbocycles. The number of aryl methyl sites for hydroxylation is 1. The summed E-state index contributed by atoms with van der Waals surface area (Å²) in [7, 11) is -3.54. The van der Waals surface area contributed by atoms with Gasteiger partial charge in [0, 0.05) is 0 Å². The minimum atomic E-state index is -3.54. The highest BCUT2D eigenvalue weighted by Gasteiger charge is 2.12. The quantitative estimate of drug-likeness (QED) is 0.834. The minimum absolute atomic E-state index is 0.231. The second-order valence-electron chi connectivity index (χ2n) is 3.95. The number of rotatable bonds is 3. The van der Waals surface area contributed by atoms with Crippen LogP contribution in [0.15, 0.2) is 46.4 Å². The highest BCUT2D eigenvalue weighted by Crippen LogP contribution is 2.10. The van der Waals surface area contributed by atoms with E-state index in [1.807, 2.05) is 19.1 Å². The van der Waals surface area contributed by atoms with Gasteiger partial charge in [-0.15, -0.1) is 0 Å². The monoisotopic (exact) mass is 250 g/mol. The Bertz CT molecular complexity index is 557. The van der Waals surface area contributed by atoms with E-state index in [9.17, 15) is 8.42 Å². The number of nitrogens with one attached hydrogen (secondary N) is 1. The zero-order chi connectivity index (χ0) is 12.3. The van der Waals surface area contributed by atoms with Crippen LogP contribution in [0.3, 0.4) is 0 Å². The van der Waals surface area contributed by atoms with Crippen LogP contribution in [-0.4, -0.2) is 14.1 Å². The van der Waals surface area contributed by atoms with Crippen molar-refractivity contribution in [2.24, 2.45) is 5.10 Å². The summed E-state index contributed by atoms with van der Waals surface area (Å²) in [6, 6.07) is 6.67. The Labute approximate surface area is 101 Å². The van der Waals surface area contributed by atoms with Crippen LogP contribution >= 0.6 is 0 Å². The summed E-state index contributed by atoms with van der Waals surface area (Å²) < 4.78 is 23.7. The molecule has 1 N–H and O–H groups in total. The van der Waals surface area contributed by atoms with Gasteiger partial charge in [0.05, 0.1) is 10.6 Å². The van der Waals surface area contributed by atoms with Gasteiger partial charge in [-0.2, -0.15) is 18.4 Å². The van der Waals surface area contributed by atoms with Crippen molar-refractivity contribution < 1.29 is 8.42 Å². The van der Waals surface area contributed by atoms with E-state index in [0.29, 0.717) is 0 Å². The number of nitrogens with zero attached hydrogens (tertiary/aromatic N) is 1. The normalized spacial score (nSPS) is 17.6. The lowest BCUT2D eigenvalue weighted by atomic mass is 10.2. The van der Waals surface area contributed by atoms with Crippen molar-refractivity contribution in [2.75, 3.05) is 0 Å².